The molecule has 0 aliphatic carbocycles. The summed E-state index contributed by atoms with van der Waals surface area (Å²) in [5, 5.41) is 1.70. The molecule has 1 radical (unpaired) electrons. The molecule has 147 valence electrons. The molecule has 0 fully saturated rings. The largest absolute Gasteiger partial charge is 1.00 e. The summed E-state index contributed by atoms with van der Waals surface area (Å²) < 4.78 is 4.53. The maximum absolute atomic E-state index is 2.50. The summed E-state index contributed by atoms with van der Waals surface area (Å²) in [7, 11) is -0.337. The van der Waals surface area contributed by atoms with Crippen LogP contribution >= 0.6 is 7.80 Å². The lowest BCUT2D eigenvalue weighted by Crippen LogP contribution is -3.00. The zero-order chi connectivity index (χ0) is 19.6. The number of aryl methyl sites for hydroxylation is 3. The van der Waals surface area contributed by atoms with Gasteiger partial charge in [-0.05, 0) is 42.4 Å². The Morgan fingerprint density at radius 1 is 1.00 bits per heavy atom. The monoisotopic (exact) mass is 503 g/mol. The van der Waals surface area contributed by atoms with E-state index < -0.39 is 0 Å². The van der Waals surface area contributed by atoms with Crippen molar-refractivity contribution < 1.29 is 28.5 Å². The number of hydrogen-bond acceptors (Lipinski definition) is 0. The summed E-state index contributed by atoms with van der Waals surface area (Å²) in [6.45, 7) is 16.1. The second-order valence-electron chi connectivity index (χ2n) is 8.32. The molecular weight excluding hydrogens is 473 g/mol. The van der Waals surface area contributed by atoms with Crippen LogP contribution in [-0.4, -0.2) is 16.7 Å². The molecule has 1 atom stereocenters. The minimum absolute atomic E-state index is 0. The molecule has 1 aromatic heterocycles. The van der Waals surface area contributed by atoms with E-state index in [0.29, 0.717) is 0 Å². The summed E-state index contributed by atoms with van der Waals surface area (Å²) in [6.07, 6.45) is 7.48. The molecule has 0 amide bonds. The van der Waals surface area contributed by atoms with Gasteiger partial charge in [0.15, 0.2) is 0 Å². The summed E-state index contributed by atoms with van der Waals surface area (Å²) in [5.74, 6) is 0. The Bertz CT molecular complexity index is 893. The minimum Gasteiger partial charge on any atom is -1.00 e. The average molecular weight is 503 g/mol. The van der Waals surface area contributed by atoms with Crippen LogP contribution in [0.2, 0.25) is 0 Å². The fourth-order valence-corrected chi connectivity index (χ4v) is 6.12. The molecule has 0 saturated carbocycles. The van der Waals surface area contributed by atoms with Gasteiger partial charge in [0, 0.05) is 0 Å². The smallest absolute Gasteiger partial charge is 0.248 e. The SMILES string of the molecule is Cc1cc(C)c(-n2cc[n+](C[B]P(c3ccccc3)C(C)(C)C)c2)c(C)c1.[I-]. The van der Waals surface area contributed by atoms with Crippen molar-refractivity contribution in [3.8, 4) is 5.69 Å². The van der Waals surface area contributed by atoms with Crippen LogP contribution in [0.5, 0.6) is 0 Å². The third-order valence-corrected chi connectivity index (χ3v) is 7.65. The topological polar surface area (TPSA) is 8.81 Å². The Morgan fingerprint density at radius 2 is 1.61 bits per heavy atom. The number of nitrogens with zero attached hydrogens (tertiary/aromatic N) is 2. The van der Waals surface area contributed by atoms with Gasteiger partial charge in [0.2, 0.25) is 13.3 Å². The number of aromatic nitrogens is 2. The normalized spacial score (nSPS) is 12.4. The average Bonchev–Trinajstić information content (AvgIpc) is 3.02. The summed E-state index contributed by atoms with van der Waals surface area (Å²) in [5.41, 5.74) is 5.25. The van der Waals surface area contributed by atoms with Crippen molar-refractivity contribution in [2.45, 2.75) is 53.1 Å². The minimum atomic E-state index is -0.337. The second-order valence-corrected chi connectivity index (χ2v) is 11.3. The Morgan fingerprint density at radius 3 is 2.18 bits per heavy atom. The Balaban J connectivity index is 0.00000280. The molecule has 0 spiro atoms. The van der Waals surface area contributed by atoms with Gasteiger partial charge >= 0.3 is 0 Å². The van der Waals surface area contributed by atoms with Crippen LogP contribution in [0.1, 0.15) is 37.5 Å². The maximum Gasteiger partial charge on any atom is 0.248 e. The first-order chi connectivity index (χ1) is 12.8. The van der Waals surface area contributed by atoms with Crippen LogP contribution in [0.25, 0.3) is 5.69 Å². The molecule has 28 heavy (non-hydrogen) atoms. The first-order valence-electron chi connectivity index (χ1n) is 9.59. The van der Waals surface area contributed by atoms with E-state index >= 15 is 0 Å². The van der Waals surface area contributed by atoms with Gasteiger partial charge in [0.05, 0.1) is 6.44 Å². The van der Waals surface area contributed by atoms with E-state index in [0.717, 1.165) is 6.44 Å². The Kier molecular flexibility index (Phi) is 7.93. The molecule has 0 saturated heterocycles. The van der Waals surface area contributed by atoms with Crippen LogP contribution in [-0.2, 0) is 6.44 Å². The Labute approximate surface area is 189 Å². The second kappa shape index (κ2) is 9.58. The first kappa shape index (κ1) is 23.2. The summed E-state index contributed by atoms with van der Waals surface area (Å²) in [4.78, 5) is 0. The molecule has 0 aliphatic rings. The van der Waals surface area contributed by atoms with E-state index in [9.17, 15) is 0 Å². The van der Waals surface area contributed by atoms with E-state index in [1.54, 1.807) is 0 Å². The van der Waals surface area contributed by atoms with Gasteiger partial charge in [-0.25, -0.2) is 9.13 Å². The highest BCUT2D eigenvalue weighted by Crippen LogP contribution is 2.46. The third-order valence-electron chi connectivity index (χ3n) is 4.82. The lowest BCUT2D eigenvalue weighted by atomic mass is 10.1. The van der Waals surface area contributed by atoms with E-state index in [1.165, 1.54) is 27.7 Å². The van der Waals surface area contributed by atoms with Crippen LogP contribution in [0.4, 0.5) is 0 Å². The molecule has 2 aromatic carbocycles. The van der Waals surface area contributed by atoms with Crippen molar-refractivity contribution in [3.05, 3.63) is 77.9 Å². The van der Waals surface area contributed by atoms with Crippen LogP contribution in [0, 0.1) is 20.8 Å². The number of rotatable bonds is 5. The summed E-state index contributed by atoms with van der Waals surface area (Å²) >= 11 is 0. The molecule has 3 rings (SSSR count). The molecule has 3 aromatic rings. The number of imidazole rings is 1. The van der Waals surface area contributed by atoms with Gasteiger partial charge in [0.25, 0.3) is 0 Å². The molecule has 2 nitrogen and oxygen atoms in total. The molecule has 1 unspecified atom stereocenters. The molecule has 0 bridgehead atoms. The van der Waals surface area contributed by atoms with Gasteiger partial charge in [-0.15, -0.1) is 7.80 Å². The fourth-order valence-electron chi connectivity index (χ4n) is 3.75. The lowest BCUT2D eigenvalue weighted by molar-refractivity contribution is -0.678. The zero-order valence-electron chi connectivity index (χ0n) is 17.8. The molecule has 5 heteroatoms. The number of hydrogen-bond donors (Lipinski definition) is 0. The van der Waals surface area contributed by atoms with Crippen molar-refractivity contribution in [1.29, 1.82) is 0 Å². The highest BCUT2D eigenvalue weighted by molar-refractivity contribution is 7.92. The fraction of sp³-hybridized carbons (Fsp3) is 0.348. The van der Waals surface area contributed by atoms with Crippen LogP contribution in [0.15, 0.2) is 61.2 Å². The standard InChI is InChI=1S/C23H30BN2P.HI/c1-18-14-19(2)22(20(3)15-18)26-13-12-25(17-26)16-24-27(23(4,5)6)21-10-8-7-9-11-21;/h7-15,17H,16H2,1-6H3;1H/q+1;/p-1. The van der Waals surface area contributed by atoms with Gasteiger partial charge in [-0.3, -0.25) is 0 Å². The lowest BCUT2D eigenvalue weighted by Gasteiger charge is -2.31. The maximum atomic E-state index is 2.50. The van der Waals surface area contributed by atoms with E-state index in [2.05, 4.69) is 119 Å². The molecular formula is C23H30BIN2P. The van der Waals surface area contributed by atoms with E-state index in [-0.39, 0.29) is 36.9 Å². The predicted molar refractivity (Wildman–Crippen MR) is 119 cm³/mol. The van der Waals surface area contributed by atoms with Crippen LogP contribution in [0.3, 0.4) is 0 Å². The Hall–Kier alpha value is -1.13. The number of halogens is 1. The first-order valence-corrected chi connectivity index (χ1v) is 11.0. The molecule has 0 aliphatic heterocycles. The van der Waals surface area contributed by atoms with Crippen molar-refractivity contribution in [2.24, 2.45) is 0 Å². The zero-order valence-corrected chi connectivity index (χ0v) is 20.8. The van der Waals surface area contributed by atoms with Crippen molar-refractivity contribution >= 4 is 20.1 Å². The molecule has 1 heterocycles. The quantitative estimate of drug-likeness (QED) is 0.218. The van der Waals surface area contributed by atoms with Crippen LogP contribution < -0.4 is 33.8 Å². The predicted octanol–water partition coefficient (Wildman–Crippen LogP) is 1.88. The van der Waals surface area contributed by atoms with Gasteiger partial charge in [-0.2, -0.15) is 0 Å². The van der Waals surface area contributed by atoms with Crippen molar-refractivity contribution in [1.82, 2.24) is 4.57 Å². The van der Waals surface area contributed by atoms with Gasteiger partial charge in [0.1, 0.15) is 18.1 Å². The summed E-state index contributed by atoms with van der Waals surface area (Å²) in [6, 6.07) is 15.4. The molecule has 0 N–H and O–H groups in total. The van der Waals surface area contributed by atoms with Crippen molar-refractivity contribution in [3.63, 3.8) is 0 Å². The van der Waals surface area contributed by atoms with E-state index in [4.69, 9.17) is 0 Å². The van der Waals surface area contributed by atoms with Gasteiger partial charge in [-0.1, -0.05) is 68.8 Å². The highest BCUT2D eigenvalue weighted by Gasteiger charge is 2.27. The van der Waals surface area contributed by atoms with Gasteiger partial charge < -0.3 is 24.0 Å². The van der Waals surface area contributed by atoms with Crippen molar-refractivity contribution in [2.75, 3.05) is 0 Å². The van der Waals surface area contributed by atoms with E-state index in [1.807, 2.05) is 0 Å². The number of benzene rings is 2. The third kappa shape index (κ3) is 5.48. The highest BCUT2D eigenvalue weighted by atomic mass is 127.